The van der Waals surface area contributed by atoms with Crippen LogP contribution in [0.4, 0.5) is 24.9 Å². The van der Waals surface area contributed by atoms with Crippen LogP contribution in [0.5, 0.6) is 5.75 Å². The van der Waals surface area contributed by atoms with Gasteiger partial charge in [0.2, 0.25) is 11.9 Å². The maximum absolute atomic E-state index is 13.9. The van der Waals surface area contributed by atoms with Crippen molar-refractivity contribution in [1.82, 2.24) is 30.0 Å². The number of anilines is 2. The quantitative estimate of drug-likeness (QED) is 0.227. The molecule has 2 aromatic heterocycles. The van der Waals surface area contributed by atoms with Crippen molar-refractivity contribution < 1.29 is 22.7 Å². The Hall–Kier alpha value is -4.65. The number of benzene rings is 2. The fourth-order valence-corrected chi connectivity index (χ4v) is 8.30. The number of rotatable bonds is 8. The van der Waals surface area contributed by atoms with Crippen molar-refractivity contribution in [2.45, 2.75) is 44.8 Å². The lowest BCUT2D eigenvalue weighted by atomic mass is 9.72. The number of carbonyl (C=O) groups is 1. The van der Waals surface area contributed by atoms with E-state index in [1.807, 2.05) is 30.0 Å². The lowest BCUT2D eigenvalue weighted by Crippen LogP contribution is -2.61. The summed E-state index contributed by atoms with van der Waals surface area (Å²) in [7, 11) is 0. The van der Waals surface area contributed by atoms with Crippen molar-refractivity contribution in [2.75, 3.05) is 68.8 Å². The van der Waals surface area contributed by atoms with Crippen LogP contribution in [0.25, 0.3) is 39.0 Å². The van der Waals surface area contributed by atoms with Gasteiger partial charge in [-0.1, -0.05) is 25.3 Å². The molecule has 4 fully saturated rings. The molecule has 4 aliphatic heterocycles. The molecule has 0 radical (unpaired) electrons. The Labute approximate surface area is 288 Å². The van der Waals surface area contributed by atoms with Gasteiger partial charge in [0.25, 0.3) is 0 Å². The monoisotopic (exact) mass is 686 g/mol. The molecule has 0 saturated carbocycles. The average Bonchev–Trinajstić information content (AvgIpc) is 3.77. The number of nitrogens with one attached hydrogen (secondary N) is 1. The topological polar surface area (TPSA) is 93.7 Å². The first-order valence-electron chi connectivity index (χ1n) is 17.4. The van der Waals surface area contributed by atoms with Gasteiger partial charge in [-0.05, 0) is 80.6 Å². The highest BCUT2D eigenvalue weighted by molar-refractivity contribution is 6.07. The lowest BCUT2D eigenvalue weighted by Gasteiger charge is -2.54. The van der Waals surface area contributed by atoms with E-state index >= 15 is 0 Å². The minimum atomic E-state index is -4.57. The van der Waals surface area contributed by atoms with E-state index in [-0.39, 0.29) is 17.1 Å². The van der Waals surface area contributed by atoms with Crippen LogP contribution in [0.2, 0.25) is 0 Å². The molecule has 13 heteroatoms. The lowest BCUT2D eigenvalue weighted by molar-refractivity contribution is -0.153. The molecule has 0 atom stereocenters. The number of aromatic nitrogens is 4. The number of likely N-dealkylation sites (tertiary alicyclic amines) is 2. The number of piperidine rings is 1. The van der Waals surface area contributed by atoms with Crippen LogP contribution in [0.1, 0.15) is 36.8 Å². The van der Waals surface area contributed by atoms with Crippen LogP contribution in [0, 0.1) is 12.3 Å². The average molecular weight is 687 g/mol. The van der Waals surface area contributed by atoms with Gasteiger partial charge in [0.1, 0.15) is 11.3 Å². The molecule has 4 aliphatic rings. The van der Waals surface area contributed by atoms with Gasteiger partial charge in [-0.15, -0.1) is 0 Å². The minimum absolute atomic E-state index is 0.0441. The number of aryl methyl sites for hydroxylation is 1. The fraction of sp³-hybridized carbons (Fsp3) is 0.459. The third-order valence-corrected chi connectivity index (χ3v) is 11.1. The van der Waals surface area contributed by atoms with Gasteiger partial charge in [0.15, 0.2) is 12.4 Å². The zero-order valence-electron chi connectivity index (χ0n) is 28.2. The van der Waals surface area contributed by atoms with E-state index in [9.17, 15) is 18.0 Å². The number of H-pyrrole nitrogens is 1. The van der Waals surface area contributed by atoms with Crippen molar-refractivity contribution in [3.63, 3.8) is 0 Å². The number of aromatic amines is 1. The molecule has 1 amide bonds. The molecule has 4 aromatic rings. The number of ether oxygens (including phenoxy) is 1. The van der Waals surface area contributed by atoms with E-state index < -0.39 is 12.8 Å². The molecule has 0 bridgehead atoms. The van der Waals surface area contributed by atoms with Crippen molar-refractivity contribution >= 4 is 45.6 Å². The van der Waals surface area contributed by atoms with E-state index in [1.54, 1.807) is 12.3 Å². The first kappa shape index (κ1) is 32.5. The number of hydrogen-bond donors (Lipinski definition) is 1. The van der Waals surface area contributed by atoms with Gasteiger partial charge in [-0.2, -0.15) is 23.3 Å². The van der Waals surface area contributed by atoms with E-state index in [4.69, 9.17) is 14.7 Å². The second-order valence-corrected chi connectivity index (χ2v) is 14.3. The number of hydrogen-bond acceptors (Lipinski definition) is 8. The summed E-state index contributed by atoms with van der Waals surface area (Å²) in [6.45, 7) is 14.6. The highest BCUT2D eigenvalue weighted by Crippen LogP contribution is 2.48. The summed E-state index contributed by atoms with van der Waals surface area (Å²) >= 11 is 0. The van der Waals surface area contributed by atoms with Gasteiger partial charge < -0.3 is 19.4 Å². The summed E-state index contributed by atoms with van der Waals surface area (Å²) in [6.07, 6.45) is 4.24. The van der Waals surface area contributed by atoms with Crippen molar-refractivity contribution in [2.24, 2.45) is 5.41 Å². The van der Waals surface area contributed by atoms with Gasteiger partial charge in [-0.3, -0.25) is 14.8 Å². The number of carbonyl (C=O) groups excluding carboxylic acids is 1. The third kappa shape index (κ3) is 5.65. The van der Waals surface area contributed by atoms with Crippen LogP contribution in [0.15, 0.2) is 43.6 Å². The SMILES string of the molecule is C=CC(=O)N1CC2(CCN(c3nc(N4CC(N5CCCC5)C4)nc4c(OCC(F)(F)F)c(-c5c(C)ccc6[nH]ncc56)c(C=C)cc34)CC2)C1. The van der Waals surface area contributed by atoms with Crippen LogP contribution >= 0.6 is 0 Å². The molecule has 50 heavy (non-hydrogen) atoms. The zero-order chi connectivity index (χ0) is 34.8. The molecule has 1 N–H and O–H groups in total. The molecule has 1 spiro atoms. The number of amides is 1. The maximum Gasteiger partial charge on any atom is 0.422 e. The first-order chi connectivity index (χ1) is 24.1. The minimum Gasteiger partial charge on any atom is -0.481 e. The summed E-state index contributed by atoms with van der Waals surface area (Å²) in [5.74, 6) is 1.17. The van der Waals surface area contributed by atoms with Crippen LogP contribution < -0.4 is 14.5 Å². The Morgan fingerprint density at radius 2 is 1.78 bits per heavy atom. The Kier molecular flexibility index (Phi) is 8.00. The molecular weight excluding hydrogens is 645 g/mol. The Bertz CT molecular complexity index is 1980. The largest absolute Gasteiger partial charge is 0.481 e. The Balaban J connectivity index is 1.26. The van der Waals surface area contributed by atoms with Crippen molar-refractivity contribution in [1.29, 1.82) is 0 Å². The first-order valence-corrected chi connectivity index (χ1v) is 17.4. The molecule has 10 nitrogen and oxygen atoms in total. The van der Waals surface area contributed by atoms with Crippen molar-refractivity contribution in [3.05, 3.63) is 54.8 Å². The molecule has 0 unspecified atom stereocenters. The molecule has 4 saturated heterocycles. The highest BCUT2D eigenvalue weighted by Gasteiger charge is 2.47. The summed E-state index contributed by atoms with van der Waals surface area (Å²) in [5.41, 5.74) is 3.83. The van der Waals surface area contributed by atoms with Gasteiger partial charge in [0.05, 0.1) is 11.7 Å². The predicted molar refractivity (Wildman–Crippen MR) is 188 cm³/mol. The second kappa shape index (κ2) is 12.3. The summed E-state index contributed by atoms with van der Waals surface area (Å²) < 4.78 is 47.7. The molecule has 8 rings (SSSR count). The van der Waals surface area contributed by atoms with E-state index in [2.05, 4.69) is 38.1 Å². The zero-order valence-corrected chi connectivity index (χ0v) is 28.2. The Morgan fingerprint density at radius 1 is 1.04 bits per heavy atom. The maximum atomic E-state index is 13.9. The van der Waals surface area contributed by atoms with Crippen LogP contribution in [-0.4, -0.2) is 107 Å². The number of fused-ring (bicyclic) bond motifs is 2. The van der Waals surface area contributed by atoms with Crippen LogP contribution in [0.3, 0.4) is 0 Å². The van der Waals surface area contributed by atoms with Crippen molar-refractivity contribution in [3.8, 4) is 16.9 Å². The summed E-state index contributed by atoms with van der Waals surface area (Å²) in [4.78, 5) is 31.1. The third-order valence-electron chi connectivity index (χ3n) is 11.1. The molecule has 262 valence electrons. The number of nitrogens with zero attached hydrogens (tertiary/aromatic N) is 7. The molecule has 0 aliphatic carbocycles. The van der Waals surface area contributed by atoms with Gasteiger partial charge in [-0.25, -0.2) is 4.98 Å². The smallest absolute Gasteiger partial charge is 0.422 e. The van der Waals surface area contributed by atoms with Crippen LogP contribution in [-0.2, 0) is 4.79 Å². The number of halogens is 3. The second-order valence-electron chi connectivity index (χ2n) is 14.3. The Morgan fingerprint density at radius 3 is 2.46 bits per heavy atom. The van der Waals surface area contributed by atoms with Gasteiger partial charge >= 0.3 is 6.18 Å². The standard InChI is InChI=1S/C37H41F3N8O2/c1-4-24-16-26-32(33(50-22-37(38,39)40)31(24)30-23(3)8-9-28-27(30)17-41-44-28)42-35(47-18-25(19-47)45-12-6-7-13-45)43-34(26)46-14-10-36(11-15-46)20-48(21-36)29(49)5-2/h4-5,8-9,16-17,25H,1-2,6-7,10-15,18-22H2,3H3,(H,41,44). The predicted octanol–water partition coefficient (Wildman–Crippen LogP) is 5.96. The summed E-state index contributed by atoms with van der Waals surface area (Å²) in [6, 6.07) is 6.17. The number of alkyl halides is 3. The van der Waals surface area contributed by atoms with E-state index in [0.29, 0.717) is 71.6 Å². The van der Waals surface area contributed by atoms with E-state index in [1.165, 1.54) is 18.9 Å². The van der Waals surface area contributed by atoms with Gasteiger partial charge in [0, 0.05) is 67.1 Å². The fourth-order valence-electron chi connectivity index (χ4n) is 8.30. The normalized spacial score (nSPS) is 19.6. The highest BCUT2D eigenvalue weighted by atomic mass is 19.4. The summed E-state index contributed by atoms with van der Waals surface area (Å²) in [5, 5.41) is 8.60. The van der Waals surface area contributed by atoms with E-state index in [0.717, 1.165) is 55.5 Å². The molecule has 6 heterocycles. The molecular formula is C37H41F3N8O2. The molecule has 2 aromatic carbocycles.